The van der Waals surface area contributed by atoms with Crippen LogP contribution in [0.1, 0.15) is 5.56 Å². The summed E-state index contributed by atoms with van der Waals surface area (Å²) in [6.45, 7) is 0.270. The van der Waals surface area contributed by atoms with Gasteiger partial charge in [-0.15, -0.1) is 0 Å². The Bertz CT molecular complexity index is 659. The summed E-state index contributed by atoms with van der Waals surface area (Å²) in [5, 5.41) is 0.565. The number of aromatic nitrogens is 2. The Hall–Kier alpha value is -2.25. The summed E-state index contributed by atoms with van der Waals surface area (Å²) in [5.41, 5.74) is 1.07. The first-order valence-corrected chi connectivity index (χ1v) is 5.94. The molecule has 0 radical (unpaired) electrons. The molecule has 0 N–H and O–H groups in total. The number of methoxy groups -OCH3 is 2. The molecule has 0 saturated heterocycles. The molecule has 0 aliphatic rings. The van der Waals surface area contributed by atoms with Crippen molar-refractivity contribution in [2.45, 2.75) is 13.1 Å². The number of aryl methyl sites for hydroxylation is 1. The third-order valence-electron chi connectivity index (χ3n) is 2.79. The van der Waals surface area contributed by atoms with Crippen molar-refractivity contribution in [1.29, 1.82) is 0 Å². The standard InChI is InChI=1S/C13H13F3N2O3/c1-7-9(19-2)5-4-8-10(7)17-12(18-11(8)20-3)21-6-13(14,15)16/h4-5H,6H2,1-3H3. The lowest BCUT2D eigenvalue weighted by Gasteiger charge is -2.12. The van der Waals surface area contributed by atoms with Crippen LogP contribution in [0.5, 0.6) is 17.6 Å². The van der Waals surface area contributed by atoms with Gasteiger partial charge in [-0.1, -0.05) is 0 Å². The van der Waals surface area contributed by atoms with Crippen LogP contribution >= 0.6 is 0 Å². The van der Waals surface area contributed by atoms with Crippen LogP contribution in [-0.4, -0.2) is 37.0 Å². The second kappa shape index (κ2) is 5.63. The summed E-state index contributed by atoms with van der Waals surface area (Å²) >= 11 is 0. The molecular weight excluding hydrogens is 289 g/mol. The summed E-state index contributed by atoms with van der Waals surface area (Å²) in [5.74, 6) is 0.702. The maximum Gasteiger partial charge on any atom is 0.422 e. The van der Waals surface area contributed by atoms with E-state index in [2.05, 4.69) is 14.7 Å². The number of rotatable bonds is 4. The highest BCUT2D eigenvalue weighted by molar-refractivity contribution is 5.88. The predicted molar refractivity (Wildman–Crippen MR) is 68.9 cm³/mol. The minimum absolute atomic E-state index is 0.142. The van der Waals surface area contributed by atoms with Crippen LogP contribution in [0.4, 0.5) is 13.2 Å². The van der Waals surface area contributed by atoms with Gasteiger partial charge in [0.2, 0.25) is 5.88 Å². The second-order valence-electron chi connectivity index (χ2n) is 4.21. The lowest BCUT2D eigenvalue weighted by Crippen LogP contribution is -2.20. The molecule has 0 amide bonds. The predicted octanol–water partition coefficient (Wildman–Crippen LogP) is 2.90. The molecule has 114 valence electrons. The van der Waals surface area contributed by atoms with E-state index in [1.54, 1.807) is 19.1 Å². The average Bonchev–Trinajstić information content (AvgIpc) is 2.44. The summed E-state index contributed by atoms with van der Waals surface area (Å²) < 4.78 is 51.4. The number of alkyl halides is 3. The highest BCUT2D eigenvalue weighted by Crippen LogP contribution is 2.32. The Morgan fingerprint density at radius 1 is 1.10 bits per heavy atom. The van der Waals surface area contributed by atoms with Crippen molar-refractivity contribution in [2.24, 2.45) is 0 Å². The topological polar surface area (TPSA) is 53.5 Å². The summed E-state index contributed by atoms with van der Waals surface area (Å²) in [7, 11) is 2.86. The van der Waals surface area contributed by atoms with Crippen molar-refractivity contribution in [3.8, 4) is 17.6 Å². The van der Waals surface area contributed by atoms with E-state index in [9.17, 15) is 13.2 Å². The molecule has 2 rings (SSSR count). The highest BCUT2D eigenvalue weighted by Gasteiger charge is 2.29. The number of halogens is 3. The Kier molecular flexibility index (Phi) is 4.06. The third kappa shape index (κ3) is 3.26. The number of fused-ring (bicyclic) bond motifs is 1. The first kappa shape index (κ1) is 15.1. The van der Waals surface area contributed by atoms with E-state index in [0.29, 0.717) is 22.2 Å². The summed E-state index contributed by atoms with van der Waals surface area (Å²) in [6.07, 6.45) is -4.46. The van der Waals surface area contributed by atoms with Crippen LogP contribution in [0.15, 0.2) is 12.1 Å². The first-order valence-electron chi connectivity index (χ1n) is 5.94. The molecular formula is C13H13F3N2O3. The number of ether oxygens (including phenoxy) is 3. The minimum Gasteiger partial charge on any atom is -0.496 e. The van der Waals surface area contributed by atoms with E-state index < -0.39 is 18.8 Å². The monoisotopic (exact) mass is 302 g/mol. The minimum atomic E-state index is -4.46. The van der Waals surface area contributed by atoms with Gasteiger partial charge < -0.3 is 14.2 Å². The van der Waals surface area contributed by atoms with Crippen molar-refractivity contribution in [3.63, 3.8) is 0 Å². The number of hydrogen-bond donors (Lipinski definition) is 0. The molecule has 0 bridgehead atoms. The molecule has 0 spiro atoms. The average molecular weight is 302 g/mol. The van der Waals surface area contributed by atoms with E-state index >= 15 is 0 Å². The van der Waals surface area contributed by atoms with E-state index in [1.165, 1.54) is 14.2 Å². The normalized spacial score (nSPS) is 11.5. The van der Waals surface area contributed by atoms with Gasteiger partial charge in [-0.05, 0) is 19.1 Å². The van der Waals surface area contributed by atoms with Crippen molar-refractivity contribution in [1.82, 2.24) is 9.97 Å². The molecule has 1 heterocycles. The van der Waals surface area contributed by atoms with Crippen LogP contribution in [0.2, 0.25) is 0 Å². The lowest BCUT2D eigenvalue weighted by molar-refractivity contribution is -0.154. The molecule has 0 atom stereocenters. The fraction of sp³-hybridized carbons (Fsp3) is 0.385. The van der Waals surface area contributed by atoms with Gasteiger partial charge in [-0.3, -0.25) is 0 Å². The molecule has 1 aromatic carbocycles. The van der Waals surface area contributed by atoms with E-state index in [-0.39, 0.29) is 5.88 Å². The zero-order chi connectivity index (χ0) is 15.6. The van der Waals surface area contributed by atoms with Crippen LogP contribution in [0.3, 0.4) is 0 Å². The van der Waals surface area contributed by atoms with Crippen molar-refractivity contribution >= 4 is 10.9 Å². The Balaban J connectivity index is 2.51. The Morgan fingerprint density at radius 2 is 1.81 bits per heavy atom. The van der Waals surface area contributed by atoms with Gasteiger partial charge in [-0.25, -0.2) is 0 Å². The third-order valence-corrected chi connectivity index (χ3v) is 2.79. The zero-order valence-corrected chi connectivity index (χ0v) is 11.6. The van der Waals surface area contributed by atoms with Crippen LogP contribution in [0, 0.1) is 6.92 Å². The van der Waals surface area contributed by atoms with E-state index in [0.717, 1.165) is 0 Å². The molecule has 0 aliphatic carbocycles. The maximum atomic E-state index is 12.2. The molecule has 0 fully saturated rings. The highest BCUT2D eigenvalue weighted by atomic mass is 19.4. The molecule has 0 unspecified atom stereocenters. The maximum absolute atomic E-state index is 12.2. The number of nitrogens with zero attached hydrogens (tertiary/aromatic N) is 2. The Labute approximate surface area is 118 Å². The molecule has 8 heteroatoms. The zero-order valence-electron chi connectivity index (χ0n) is 11.6. The van der Waals surface area contributed by atoms with Crippen LogP contribution in [-0.2, 0) is 0 Å². The van der Waals surface area contributed by atoms with Gasteiger partial charge in [0.1, 0.15) is 5.75 Å². The summed E-state index contributed by atoms with van der Waals surface area (Å²) in [6, 6.07) is 2.99. The fourth-order valence-electron chi connectivity index (χ4n) is 1.85. The van der Waals surface area contributed by atoms with E-state index in [4.69, 9.17) is 9.47 Å². The van der Waals surface area contributed by atoms with E-state index in [1.807, 2.05) is 0 Å². The lowest BCUT2D eigenvalue weighted by atomic mass is 10.1. The Morgan fingerprint density at radius 3 is 2.38 bits per heavy atom. The van der Waals surface area contributed by atoms with Gasteiger partial charge in [-0.2, -0.15) is 23.1 Å². The molecule has 5 nitrogen and oxygen atoms in total. The fourth-order valence-corrected chi connectivity index (χ4v) is 1.85. The van der Waals surface area contributed by atoms with Crippen LogP contribution in [0.25, 0.3) is 10.9 Å². The van der Waals surface area contributed by atoms with Gasteiger partial charge in [0.15, 0.2) is 6.61 Å². The number of benzene rings is 1. The molecule has 1 aromatic heterocycles. The summed E-state index contributed by atoms with van der Waals surface area (Å²) in [4.78, 5) is 7.82. The number of hydrogen-bond acceptors (Lipinski definition) is 5. The molecule has 0 aliphatic heterocycles. The smallest absolute Gasteiger partial charge is 0.422 e. The quantitative estimate of drug-likeness (QED) is 0.869. The van der Waals surface area contributed by atoms with Gasteiger partial charge in [0.25, 0.3) is 0 Å². The van der Waals surface area contributed by atoms with Crippen molar-refractivity contribution in [2.75, 3.05) is 20.8 Å². The largest absolute Gasteiger partial charge is 0.496 e. The molecule has 21 heavy (non-hydrogen) atoms. The van der Waals surface area contributed by atoms with Gasteiger partial charge >= 0.3 is 12.2 Å². The van der Waals surface area contributed by atoms with Crippen molar-refractivity contribution < 1.29 is 27.4 Å². The van der Waals surface area contributed by atoms with Crippen LogP contribution < -0.4 is 14.2 Å². The van der Waals surface area contributed by atoms with Crippen molar-refractivity contribution in [3.05, 3.63) is 17.7 Å². The molecule has 2 aromatic rings. The van der Waals surface area contributed by atoms with Gasteiger partial charge in [0, 0.05) is 5.56 Å². The second-order valence-corrected chi connectivity index (χ2v) is 4.21. The molecule has 0 saturated carbocycles. The van der Waals surface area contributed by atoms with Gasteiger partial charge in [0.05, 0.1) is 25.1 Å². The first-order chi connectivity index (χ1) is 9.85. The SMILES string of the molecule is COc1ccc2c(OC)nc(OCC(F)(F)F)nc2c1C.